The molecule has 0 spiro atoms. The fourth-order valence-corrected chi connectivity index (χ4v) is 3.89. The van der Waals surface area contributed by atoms with Crippen molar-refractivity contribution in [3.05, 3.63) is 29.6 Å². The molecule has 3 heterocycles. The van der Waals surface area contributed by atoms with Crippen LogP contribution in [0.2, 0.25) is 0 Å². The van der Waals surface area contributed by atoms with Crippen LogP contribution < -0.4 is 10.6 Å². The Morgan fingerprint density at radius 1 is 0.750 bits per heavy atom. The predicted octanol–water partition coefficient (Wildman–Crippen LogP) is 1.51. The maximum absolute atomic E-state index is 12.4. The zero-order chi connectivity index (χ0) is 19.6. The lowest BCUT2D eigenvalue weighted by Crippen LogP contribution is -2.38. The van der Waals surface area contributed by atoms with Gasteiger partial charge in [-0.1, -0.05) is 18.9 Å². The minimum absolute atomic E-state index is 0.222. The highest BCUT2D eigenvalue weighted by Crippen LogP contribution is 2.08. The van der Waals surface area contributed by atoms with Crippen LogP contribution in [-0.4, -0.2) is 79.0 Å². The van der Waals surface area contributed by atoms with Crippen LogP contribution in [0.4, 0.5) is 0 Å². The summed E-state index contributed by atoms with van der Waals surface area (Å²) in [6, 6.07) is 5.02. The minimum atomic E-state index is -0.222. The fourth-order valence-electron chi connectivity index (χ4n) is 3.89. The molecule has 2 aliphatic heterocycles. The molecule has 2 saturated heterocycles. The van der Waals surface area contributed by atoms with E-state index in [-0.39, 0.29) is 11.8 Å². The molecule has 0 aliphatic carbocycles. The molecule has 0 radical (unpaired) electrons. The van der Waals surface area contributed by atoms with Crippen molar-refractivity contribution in [1.82, 2.24) is 25.4 Å². The van der Waals surface area contributed by atoms with Crippen LogP contribution in [0.15, 0.2) is 18.2 Å². The number of hydrogen-bond acceptors (Lipinski definition) is 5. The summed E-state index contributed by atoms with van der Waals surface area (Å²) in [4.78, 5) is 33.7. The molecular formula is C21H33N5O2. The highest BCUT2D eigenvalue weighted by atomic mass is 16.2. The zero-order valence-electron chi connectivity index (χ0n) is 16.8. The smallest absolute Gasteiger partial charge is 0.269 e. The van der Waals surface area contributed by atoms with Gasteiger partial charge in [-0.15, -0.1) is 0 Å². The maximum atomic E-state index is 12.4. The van der Waals surface area contributed by atoms with E-state index >= 15 is 0 Å². The summed E-state index contributed by atoms with van der Waals surface area (Å²) < 4.78 is 0. The van der Waals surface area contributed by atoms with Crippen molar-refractivity contribution in [1.29, 1.82) is 0 Å². The molecule has 2 aliphatic rings. The topological polar surface area (TPSA) is 77.6 Å². The molecule has 7 nitrogen and oxygen atoms in total. The number of amides is 2. The molecule has 0 atom stereocenters. The third kappa shape index (κ3) is 6.56. The number of piperidine rings is 2. The summed E-state index contributed by atoms with van der Waals surface area (Å²) >= 11 is 0. The van der Waals surface area contributed by atoms with Gasteiger partial charge in [-0.2, -0.15) is 0 Å². The van der Waals surface area contributed by atoms with Gasteiger partial charge in [-0.25, -0.2) is 4.98 Å². The number of carbonyl (C=O) groups is 2. The molecule has 1 aromatic heterocycles. The highest BCUT2D eigenvalue weighted by Gasteiger charge is 2.14. The van der Waals surface area contributed by atoms with Gasteiger partial charge in [0.1, 0.15) is 11.4 Å². The van der Waals surface area contributed by atoms with E-state index in [2.05, 4.69) is 25.4 Å². The summed E-state index contributed by atoms with van der Waals surface area (Å²) in [5, 5.41) is 5.83. The summed E-state index contributed by atoms with van der Waals surface area (Å²) in [7, 11) is 0. The average molecular weight is 388 g/mol. The number of nitrogens with zero attached hydrogens (tertiary/aromatic N) is 3. The summed E-state index contributed by atoms with van der Waals surface area (Å²) in [6.07, 6.45) is 7.57. The third-order valence-electron chi connectivity index (χ3n) is 5.54. The molecule has 0 unspecified atom stereocenters. The molecule has 7 heteroatoms. The Morgan fingerprint density at radius 2 is 1.18 bits per heavy atom. The van der Waals surface area contributed by atoms with Crippen LogP contribution in [0.3, 0.4) is 0 Å². The van der Waals surface area contributed by atoms with Gasteiger partial charge in [-0.3, -0.25) is 9.59 Å². The van der Waals surface area contributed by atoms with E-state index in [1.165, 1.54) is 38.5 Å². The Morgan fingerprint density at radius 3 is 1.61 bits per heavy atom. The van der Waals surface area contributed by atoms with Crippen LogP contribution in [-0.2, 0) is 0 Å². The van der Waals surface area contributed by atoms with Crippen LogP contribution >= 0.6 is 0 Å². The number of pyridine rings is 1. The average Bonchev–Trinajstić information content (AvgIpc) is 2.75. The van der Waals surface area contributed by atoms with Gasteiger partial charge in [-0.05, 0) is 64.0 Å². The molecule has 0 bridgehead atoms. The van der Waals surface area contributed by atoms with E-state index in [0.717, 1.165) is 39.3 Å². The van der Waals surface area contributed by atoms with Crippen molar-refractivity contribution in [3.8, 4) is 0 Å². The lowest BCUT2D eigenvalue weighted by atomic mass is 10.1. The van der Waals surface area contributed by atoms with Crippen molar-refractivity contribution >= 4 is 11.8 Å². The Bertz CT molecular complexity index is 588. The van der Waals surface area contributed by atoms with E-state index in [4.69, 9.17) is 0 Å². The lowest BCUT2D eigenvalue weighted by Gasteiger charge is -2.26. The van der Waals surface area contributed by atoms with E-state index < -0.39 is 0 Å². The highest BCUT2D eigenvalue weighted by molar-refractivity contribution is 5.96. The van der Waals surface area contributed by atoms with Crippen LogP contribution in [0.5, 0.6) is 0 Å². The van der Waals surface area contributed by atoms with Crippen LogP contribution in [0.25, 0.3) is 0 Å². The quantitative estimate of drug-likeness (QED) is 0.707. The largest absolute Gasteiger partial charge is 0.349 e. The molecule has 3 rings (SSSR count). The molecule has 28 heavy (non-hydrogen) atoms. The first-order chi connectivity index (χ1) is 13.7. The van der Waals surface area contributed by atoms with Gasteiger partial charge >= 0.3 is 0 Å². The standard InChI is InChI=1S/C21H33N5O2/c27-20(22-10-16-25-12-3-1-4-13-25)18-8-7-9-19(24-18)21(28)23-11-17-26-14-5-2-6-15-26/h7-9H,1-6,10-17H2,(H,22,27)(H,23,28). The minimum Gasteiger partial charge on any atom is -0.349 e. The second kappa shape index (κ2) is 11.1. The number of carbonyl (C=O) groups excluding carboxylic acids is 2. The lowest BCUT2D eigenvalue weighted by molar-refractivity contribution is 0.0937. The van der Waals surface area contributed by atoms with Crippen molar-refractivity contribution in [3.63, 3.8) is 0 Å². The molecule has 0 saturated carbocycles. The van der Waals surface area contributed by atoms with E-state index in [9.17, 15) is 9.59 Å². The fraction of sp³-hybridized carbons (Fsp3) is 0.667. The molecule has 1 aromatic rings. The Hall–Kier alpha value is -1.99. The van der Waals surface area contributed by atoms with E-state index in [0.29, 0.717) is 24.5 Å². The zero-order valence-corrected chi connectivity index (χ0v) is 16.8. The van der Waals surface area contributed by atoms with Gasteiger partial charge < -0.3 is 20.4 Å². The van der Waals surface area contributed by atoms with E-state index in [1.807, 2.05) is 0 Å². The first-order valence-electron chi connectivity index (χ1n) is 10.7. The van der Waals surface area contributed by atoms with Gasteiger partial charge in [0.05, 0.1) is 0 Å². The Balaban J connectivity index is 1.41. The maximum Gasteiger partial charge on any atom is 0.269 e. The molecule has 0 aromatic carbocycles. The van der Waals surface area contributed by atoms with Crippen molar-refractivity contribution < 1.29 is 9.59 Å². The first-order valence-corrected chi connectivity index (χ1v) is 10.7. The monoisotopic (exact) mass is 387 g/mol. The SMILES string of the molecule is O=C(NCCN1CCCCC1)c1cccc(C(=O)NCCN2CCCCC2)n1. The van der Waals surface area contributed by atoms with Crippen molar-refractivity contribution in [2.45, 2.75) is 38.5 Å². The molecule has 2 fully saturated rings. The Kier molecular flexibility index (Phi) is 8.23. The Labute approximate surface area is 167 Å². The third-order valence-corrected chi connectivity index (χ3v) is 5.54. The molecule has 2 N–H and O–H groups in total. The van der Waals surface area contributed by atoms with Crippen LogP contribution in [0.1, 0.15) is 59.5 Å². The normalized spacial score (nSPS) is 18.6. The van der Waals surface area contributed by atoms with Gasteiger partial charge in [0, 0.05) is 26.2 Å². The van der Waals surface area contributed by atoms with E-state index in [1.54, 1.807) is 18.2 Å². The number of aromatic nitrogens is 1. The first kappa shape index (κ1) is 20.7. The number of likely N-dealkylation sites (tertiary alicyclic amines) is 2. The van der Waals surface area contributed by atoms with Gasteiger partial charge in [0.25, 0.3) is 11.8 Å². The second-order valence-electron chi connectivity index (χ2n) is 7.72. The number of hydrogen-bond donors (Lipinski definition) is 2. The van der Waals surface area contributed by atoms with Crippen LogP contribution in [0, 0.1) is 0 Å². The number of nitrogens with one attached hydrogen (secondary N) is 2. The van der Waals surface area contributed by atoms with Gasteiger partial charge in [0.2, 0.25) is 0 Å². The van der Waals surface area contributed by atoms with Crippen molar-refractivity contribution in [2.24, 2.45) is 0 Å². The summed E-state index contributed by atoms with van der Waals surface area (Å²) in [6.45, 7) is 7.38. The number of rotatable bonds is 8. The molecular weight excluding hydrogens is 354 g/mol. The van der Waals surface area contributed by atoms with Crippen molar-refractivity contribution in [2.75, 3.05) is 52.4 Å². The second-order valence-corrected chi connectivity index (χ2v) is 7.72. The molecule has 2 amide bonds. The summed E-state index contributed by atoms with van der Waals surface area (Å²) in [5.74, 6) is -0.444. The summed E-state index contributed by atoms with van der Waals surface area (Å²) in [5.41, 5.74) is 0.588. The van der Waals surface area contributed by atoms with Gasteiger partial charge in [0.15, 0.2) is 0 Å². The molecule has 154 valence electrons. The predicted molar refractivity (Wildman–Crippen MR) is 109 cm³/mol.